The van der Waals surface area contributed by atoms with E-state index < -0.39 is 31.1 Å². The normalized spacial score (nSPS) is 35.5. The van der Waals surface area contributed by atoms with E-state index in [0.717, 1.165) is 0 Å². The van der Waals surface area contributed by atoms with Gasteiger partial charge in [-0.05, 0) is 31.4 Å². The number of halogens is 1. The van der Waals surface area contributed by atoms with Crippen LogP contribution in [-0.4, -0.2) is 12.8 Å². The molecule has 16 heavy (non-hydrogen) atoms. The topological polar surface area (TPSA) is 29.1 Å². The van der Waals surface area contributed by atoms with Gasteiger partial charge in [-0.15, -0.1) is 0 Å². The summed E-state index contributed by atoms with van der Waals surface area (Å²) in [6.07, 6.45) is -2.29. The second kappa shape index (κ2) is 4.56. The van der Waals surface area contributed by atoms with Gasteiger partial charge in [-0.3, -0.25) is 4.79 Å². The van der Waals surface area contributed by atoms with Gasteiger partial charge in [0.05, 0.1) is 0 Å². The van der Waals surface area contributed by atoms with Crippen molar-refractivity contribution >= 4 is 17.4 Å². The molecule has 0 aromatic heterocycles. The molecular weight excluding hydrogens is 222 g/mol. The number of hydrogen-bond acceptors (Lipinski definition) is 2. The summed E-state index contributed by atoms with van der Waals surface area (Å²) in [6, 6.07) is 6.21. The van der Waals surface area contributed by atoms with E-state index in [1.807, 2.05) is 0 Å². The van der Waals surface area contributed by atoms with Gasteiger partial charge in [0.15, 0.2) is 5.78 Å². The molecule has 0 heterocycles. The summed E-state index contributed by atoms with van der Waals surface area (Å²) < 4.78 is 46.4. The van der Waals surface area contributed by atoms with Crippen LogP contribution in [0.4, 0.5) is 0 Å². The molecule has 3 heteroatoms. The third-order valence-electron chi connectivity index (χ3n) is 2.88. The Morgan fingerprint density at radius 2 is 2.44 bits per heavy atom. The van der Waals surface area contributed by atoms with Crippen LogP contribution < -0.4 is 5.31 Å². The van der Waals surface area contributed by atoms with E-state index in [-0.39, 0.29) is 28.7 Å². The predicted octanol–water partition coefficient (Wildman–Crippen LogP) is 2.90. The Morgan fingerprint density at radius 1 is 1.62 bits per heavy atom. The van der Waals surface area contributed by atoms with Crippen molar-refractivity contribution in [2.75, 3.05) is 6.98 Å². The van der Waals surface area contributed by atoms with Crippen molar-refractivity contribution in [3.05, 3.63) is 34.9 Å². The summed E-state index contributed by atoms with van der Waals surface area (Å²) in [5.74, 6) is -0.498. The summed E-state index contributed by atoms with van der Waals surface area (Å²) in [5.41, 5.74) is -1.75. The fraction of sp³-hybridized carbons (Fsp3) is 0.462. The third-order valence-corrected chi connectivity index (χ3v) is 3.21. The van der Waals surface area contributed by atoms with E-state index in [9.17, 15) is 4.79 Å². The molecular formula is C13H16ClNO. The summed E-state index contributed by atoms with van der Waals surface area (Å²) >= 11 is 6.13. The Balaban J connectivity index is 2.69. The number of likely N-dealkylation sites (N-methyl/N-ethyl adjacent to an activating group) is 1. The minimum Gasteiger partial charge on any atom is -0.304 e. The minimum atomic E-state index is -2.87. The predicted molar refractivity (Wildman–Crippen MR) is 65.7 cm³/mol. The molecule has 0 aliphatic heterocycles. The number of rotatable bonds is 2. The SMILES string of the molecule is [2H]N(C([2H])([2H])[2H])C1(c2ccccc2Cl)CC([2H])([2H])CCC1=O. The van der Waals surface area contributed by atoms with Crippen LogP contribution in [0.15, 0.2) is 24.3 Å². The number of carbonyl (C=O) groups is 1. The molecule has 1 fully saturated rings. The van der Waals surface area contributed by atoms with Crippen LogP contribution in [0.2, 0.25) is 6.43 Å². The van der Waals surface area contributed by atoms with Gasteiger partial charge in [0, 0.05) is 18.3 Å². The highest BCUT2D eigenvalue weighted by molar-refractivity contribution is 6.31. The molecule has 1 aromatic carbocycles. The van der Waals surface area contributed by atoms with Crippen molar-refractivity contribution in [3.63, 3.8) is 0 Å². The summed E-state index contributed by atoms with van der Waals surface area (Å²) in [4.78, 5) is 12.6. The fourth-order valence-corrected chi connectivity index (χ4v) is 2.27. The van der Waals surface area contributed by atoms with E-state index in [2.05, 4.69) is 0 Å². The molecule has 2 rings (SSSR count). The molecule has 0 saturated heterocycles. The zero-order chi connectivity index (χ0) is 16.8. The van der Waals surface area contributed by atoms with Gasteiger partial charge in [0.25, 0.3) is 0 Å². The van der Waals surface area contributed by atoms with E-state index in [1.54, 1.807) is 12.1 Å². The van der Waals surface area contributed by atoms with E-state index >= 15 is 0 Å². The largest absolute Gasteiger partial charge is 0.304 e. The number of hydrogen-bond donors (Lipinski definition) is 1. The van der Waals surface area contributed by atoms with Gasteiger partial charge in [-0.1, -0.05) is 36.2 Å². The van der Waals surface area contributed by atoms with Gasteiger partial charge in [0.2, 0.25) is 0 Å². The standard InChI is InChI=1S/C13H16ClNO/c1-15-13(9-5-4-8-12(13)16)10-6-2-3-7-11(10)14/h2-3,6-7,15H,4-5,8-9H2,1H3/i1D3,5D2/hD. The Morgan fingerprint density at radius 3 is 3.19 bits per heavy atom. The Labute approximate surface area is 109 Å². The zero-order valence-electron chi connectivity index (χ0n) is 14.7. The molecule has 1 unspecified atom stereocenters. The zero-order valence-corrected chi connectivity index (χ0v) is 9.42. The van der Waals surface area contributed by atoms with Crippen molar-refractivity contribution in [3.8, 4) is 0 Å². The molecule has 1 aliphatic rings. The molecule has 1 atom stereocenters. The van der Waals surface area contributed by atoms with Crippen LogP contribution >= 0.6 is 11.6 Å². The molecule has 1 aliphatic carbocycles. The molecule has 0 bridgehead atoms. The molecule has 1 aromatic rings. The number of benzene rings is 1. The maximum Gasteiger partial charge on any atom is 0.157 e. The highest BCUT2D eigenvalue weighted by Gasteiger charge is 2.40. The molecule has 0 spiro atoms. The van der Waals surface area contributed by atoms with Crippen molar-refractivity contribution < 1.29 is 13.1 Å². The first-order chi connectivity index (χ1) is 10.0. The molecule has 2 nitrogen and oxygen atoms in total. The fourth-order valence-electron chi connectivity index (χ4n) is 1.98. The van der Waals surface area contributed by atoms with Gasteiger partial charge >= 0.3 is 0 Å². The van der Waals surface area contributed by atoms with E-state index in [0.29, 0.717) is 0 Å². The second-order valence-electron chi connectivity index (χ2n) is 3.80. The van der Waals surface area contributed by atoms with Crippen molar-refractivity contribution in [2.24, 2.45) is 0 Å². The Hall–Kier alpha value is -0.860. The van der Waals surface area contributed by atoms with Crippen LogP contribution in [-0.2, 0) is 10.3 Å². The Bertz CT molecular complexity index is 587. The maximum absolute atomic E-state index is 12.6. The smallest absolute Gasteiger partial charge is 0.157 e. The Kier molecular flexibility index (Phi) is 1.76. The minimum absolute atomic E-state index is 0.00682. The summed E-state index contributed by atoms with van der Waals surface area (Å²) in [5, 5.41) is 0.385. The van der Waals surface area contributed by atoms with Gasteiger partial charge in [0.1, 0.15) is 6.95 Å². The van der Waals surface area contributed by atoms with Gasteiger partial charge < -0.3 is 5.31 Å². The maximum atomic E-state index is 12.6. The van der Waals surface area contributed by atoms with Crippen molar-refractivity contribution in [1.29, 1.82) is 0 Å². The first-order valence-corrected chi connectivity index (χ1v) is 5.46. The van der Waals surface area contributed by atoms with Crippen molar-refractivity contribution in [2.45, 2.75) is 31.2 Å². The lowest BCUT2D eigenvalue weighted by Gasteiger charge is -2.36. The third kappa shape index (κ3) is 1.76. The summed E-state index contributed by atoms with van der Waals surface area (Å²) in [6.45, 7) is -2.87. The average molecular weight is 244 g/mol. The van der Waals surface area contributed by atoms with E-state index in [4.69, 9.17) is 19.9 Å². The summed E-state index contributed by atoms with van der Waals surface area (Å²) in [7, 11) is 0. The van der Waals surface area contributed by atoms with Gasteiger partial charge in [-0.25, -0.2) is 0 Å². The quantitative estimate of drug-likeness (QED) is 0.866. The first-order valence-electron chi connectivity index (χ1n) is 8.03. The molecule has 0 amide bonds. The number of Topliss-reactive ketones (excluding diaryl/α,β-unsaturated/α-hetero) is 1. The van der Waals surface area contributed by atoms with E-state index in [1.165, 1.54) is 12.1 Å². The van der Waals surface area contributed by atoms with Gasteiger partial charge in [-0.2, -0.15) is 0 Å². The number of ketones is 1. The molecule has 86 valence electrons. The highest BCUT2D eigenvalue weighted by atomic mass is 35.5. The second-order valence-corrected chi connectivity index (χ2v) is 4.21. The van der Waals surface area contributed by atoms with Crippen LogP contribution in [0, 0.1) is 0 Å². The van der Waals surface area contributed by atoms with Crippen LogP contribution in [0.5, 0.6) is 0 Å². The molecule has 0 radical (unpaired) electrons. The van der Waals surface area contributed by atoms with Crippen LogP contribution in [0.3, 0.4) is 0 Å². The lowest BCUT2D eigenvalue weighted by Crippen LogP contribution is -2.49. The van der Waals surface area contributed by atoms with Crippen molar-refractivity contribution in [1.82, 2.24) is 5.31 Å². The molecule has 1 saturated carbocycles. The lowest BCUT2D eigenvalue weighted by atomic mass is 9.75. The first kappa shape index (κ1) is 6.18. The van der Waals surface area contributed by atoms with Crippen LogP contribution in [0.1, 0.15) is 38.1 Å². The van der Waals surface area contributed by atoms with Crippen LogP contribution in [0.25, 0.3) is 0 Å². The molecule has 1 N–H and O–H groups in total. The average Bonchev–Trinajstić information content (AvgIpc) is 2.40. The lowest BCUT2D eigenvalue weighted by molar-refractivity contribution is -0.127. The monoisotopic (exact) mass is 243 g/mol. The highest BCUT2D eigenvalue weighted by Crippen LogP contribution is 2.37. The number of carbonyl (C=O) groups excluding carboxylic acids is 1. The number of nitrogens with one attached hydrogen (secondary N) is 1.